The van der Waals surface area contributed by atoms with E-state index in [2.05, 4.69) is 10.3 Å². The van der Waals surface area contributed by atoms with Gasteiger partial charge in [0, 0.05) is 34.5 Å². The zero-order valence-corrected chi connectivity index (χ0v) is 12.5. The van der Waals surface area contributed by atoms with Crippen LogP contribution in [0.1, 0.15) is 23.6 Å². The topological polar surface area (TPSA) is 54.1 Å². The van der Waals surface area contributed by atoms with Crippen LogP contribution >= 0.6 is 0 Å². The quantitative estimate of drug-likeness (QED) is 0.756. The van der Waals surface area contributed by atoms with Crippen molar-refractivity contribution < 1.29 is 13.9 Å². The molecule has 0 radical (unpaired) electrons. The summed E-state index contributed by atoms with van der Waals surface area (Å²) in [4.78, 5) is 15.5. The van der Waals surface area contributed by atoms with Gasteiger partial charge in [-0.25, -0.2) is 4.39 Å². The van der Waals surface area contributed by atoms with Crippen molar-refractivity contribution in [2.45, 2.75) is 12.3 Å². The van der Waals surface area contributed by atoms with Crippen LogP contribution in [0.2, 0.25) is 0 Å². The maximum atomic E-state index is 13.7. The smallest absolute Gasteiger partial charge is 0.225 e. The van der Waals surface area contributed by atoms with E-state index in [9.17, 15) is 9.18 Å². The predicted molar refractivity (Wildman–Crippen MR) is 86.3 cm³/mol. The lowest BCUT2D eigenvalue weighted by atomic mass is 9.88. The van der Waals surface area contributed by atoms with Crippen LogP contribution in [0.4, 0.5) is 10.1 Å². The summed E-state index contributed by atoms with van der Waals surface area (Å²) in [5, 5.41) is 3.88. The molecule has 0 fully saturated rings. The molecule has 23 heavy (non-hydrogen) atoms. The van der Waals surface area contributed by atoms with Crippen LogP contribution in [-0.4, -0.2) is 18.0 Å². The second kappa shape index (κ2) is 5.12. The summed E-state index contributed by atoms with van der Waals surface area (Å²) in [7, 11) is 1.55. The molecule has 1 aromatic heterocycles. The average molecular weight is 310 g/mol. The van der Waals surface area contributed by atoms with Gasteiger partial charge in [-0.05, 0) is 24.3 Å². The molecular formula is C18H15FN2O2. The Morgan fingerprint density at radius 2 is 2.04 bits per heavy atom. The van der Waals surface area contributed by atoms with E-state index >= 15 is 0 Å². The normalized spacial score (nSPS) is 17.0. The number of nitrogens with one attached hydrogen (secondary N) is 2. The lowest BCUT2D eigenvalue weighted by Crippen LogP contribution is -2.23. The second-order valence-electron chi connectivity index (χ2n) is 5.65. The van der Waals surface area contributed by atoms with Crippen molar-refractivity contribution in [1.29, 1.82) is 0 Å². The monoisotopic (exact) mass is 310 g/mol. The number of anilines is 1. The van der Waals surface area contributed by atoms with Crippen molar-refractivity contribution in [3.8, 4) is 5.75 Å². The number of hydrogen-bond acceptors (Lipinski definition) is 2. The van der Waals surface area contributed by atoms with Crippen LogP contribution in [-0.2, 0) is 4.79 Å². The fraction of sp³-hybridized carbons (Fsp3) is 0.167. The number of fused-ring (bicyclic) bond motifs is 3. The molecule has 1 amide bonds. The Bertz CT molecular complexity index is 917. The van der Waals surface area contributed by atoms with E-state index in [4.69, 9.17) is 4.74 Å². The number of ether oxygens (including phenoxy) is 1. The fourth-order valence-corrected chi connectivity index (χ4v) is 3.28. The zero-order chi connectivity index (χ0) is 16.0. The van der Waals surface area contributed by atoms with Crippen LogP contribution in [0.3, 0.4) is 0 Å². The Morgan fingerprint density at radius 3 is 2.87 bits per heavy atom. The highest BCUT2D eigenvalue weighted by Gasteiger charge is 2.31. The number of hydrogen-bond donors (Lipinski definition) is 2. The number of benzene rings is 2. The van der Waals surface area contributed by atoms with Crippen molar-refractivity contribution in [3.63, 3.8) is 0 Å². The minimum Gasteiger partial charge on any atom is -0.496 e. The van der Waals surface area contributed by atoms with E-state index < -0.39 is 0 Å². The van der Waals surface area contributed by atoms with E-state index in [0.29, 0.717) is 11.3 Å². The first-order valence-corrected chi connectivity index (χ1v) is 7.41. The molecule has 0 saturated heterocycles. The van der Waals surface area contributed by atoms with Gasteiger partial charge in [0.15, 0.2) is 0 Å². The number of H-pyrrole nitrogens is 1. The van der Waals surface area contributed by atoms with Gasteiger partial charge in [-0.2, -0.15) is 0 Å². The van der Waals surface area contributed by atoms with Gasteiger partial charge in [-0.1, -0.05) is 18.2 Å². The molecule has 5 heteroatoms. The Balaban J connectivity index is 1.95. The number of methoxy groups -OCH3 is 1. The van der Waals surface area contributed by atoms with Crippen molar-refractivity contribution in [2.24, 2.45) is 0 Å². The first-order valence-electron chi connectivity index (χ1n) is 7.41. The Morgan fingerprint density at radius 1 is 1.22 bits per heavy atom. The van der Waals surface area contributed by atoms with Crippen LogP contribution in [0.25, 0.3) is 10.9 Å². The van der Waals surface area contributed by atoms with Crippen molar-refractivity contribution in [1.82, 2.24) is 4.98 Å². The zero-order valence-electron chi connectivity index (χ0n) is 12.5. The summed E-state index contributed by atoms with van der Waals surface area (Å²) in [6.07, 6.45) is 0.250. The highest BCUT2D eigenvalue weighted by molar-refractivity contribution is 6.06. The van der Waals surface area contributed by atoms with E-state index in [1.807, 2.05) is 24.3 Å². The van der Waals surface area contributed by atoms with E-state index in [-0.39, 0.29) is 24.1 Å². The summed E-state index contributed by atoms with van der Waals surface area (Å²) in [6.45, 7) is 0. The van der Waals surface area contributed by atoms with Crippen molar-refractivity contribution >= 4 is 22.5 Å². The number of carbonyl (C=O) groups is 1. The maximum absolute atomic E-state index is 13.7. The predicted octanol–water partition coefficient (Wildman–Crippen LogP) is 3.79. The molecule has 3 aromatic rings. The van der Waals surface area contributed by atoms with E-state index in [1.165, 1.54) is 12.1 Å². The molecule has 0 bridgehead atoms. The van der Waals surface area contributed by atoms with Crippen LogP contribution in [0, 0.1) is 5.82 Å². The van der Waals surface area contributed by atoms with E-state index in [0.717, 1.165) is 22.3 Å². The lowest BCUT2D eigenvalue weighted by molar-refractivity contribution is -0.116. The number of carbonyl (C=O) groups excluding carboxylic acids is 1. The minimum atomic E-state index is -0.343. The van der Waals surface area contributed by atoms with Gasteiger partial charge < -0.3 is 15.0 Å². The molecule has 0 saturated carbocycles. The van der Waals surface area contributed by atoms with Gasteiger partial charge >= 0.3 is 0 Å². The molecule has 1 aliphatic heterocycles. The number of aromatic nitrogens is 1. The summed E-state index contributed by atoms with van der Waals surface area (Å²) < 4.78 is 19.1. The first-order chi connectivity index (χ1) is 11.2. The van der Waals surface area contributed by atoms with Gasteiger partial charge in [-0.3, -0.25) is 4.79 Å². The summed E-state index contributed by atoms with van der Waals surface area (Å²) >= 11 is 0. The van der Waals surface area contributed by atoms with Gasteiger partial charge in [-0.15, -0.1) is 0 Å². The Labute approximate surface area is 132 Å². The third-order valence-electron chi connectivity index (χ3n) is 4.30. The van der Waals surface area contributed by atoms with Crippen LogP contribution in [0.5, 0.6) is 5.75 Å². The fourth-order valence-electron chi connectivity index (χ4n) is 3.28. The highest BCUT2D eigenvalue weighted by Crippen LogP contribution is 2.43. The van der Waals surface area contributed by atoms with Gasteiger partial charge in [0.2, 0.25) is 5.91 Å². The Kier molecular flexibility index (Phi) is 3.08. The summed E-state index contributed by atoms with van der Waals surface area (Å²) in [6, 6.07) is 12.2. The largest absolute Gasteiger partial charge is 0.496 e. The van der Waals surface area contributed by atoms with E-state index in [1.54, 1.807) is 13.2 Å². The maximum Gasteiger partial charge on any atom is 0.225 e. The van der Waals surface area contributed by atoms with Crippen LogP contribution in [0.15, 0.2) is 42.5 Å². The molecular weight excluding hydrogens is 295 g/mol. The lowest BCUT2D eigenvalue weighted by Gasteiger charge is -2.24. The molecule has 1 aliphatic rings. The number of amides is 1. The second-order valence-corrected chi connectivity index (χ2v) is 5.65. The minimum absolute atomic E-state index is 0.0847. The third kappa shape index (κ3) is 2.16. The molecule has 1 atom stereocenters. The standard InChI is InChI=1S/C18H15FN2O2/c1-23-15-7-6-10(19)8-12(15)13-9-16(22)21-17-11-4-2-3-5-14(11)20-18(13)17/h2-8,13,20H,9H2,1H3,(H,21,22). The number of para-hydroxylation sites is 1. The number of rotatable bonds is 2. The molecule has 2 heterocycles. The number of halogens is 1. The van der Waals surface area contributed by atoms with Gasteiger partial charge in [0.05, 0.1) is 12.8 Å². The molecule has 2 aromatic carbocycles. The average Bonchev–Trinajstić information content (AvgIpc) is 2.93. The highest BCUT2D eigenvalue weighted by atomic mass is 19.1. The van der Waals surface area contributed by atoms with Crippen LogP contribution < -0.4 is 10.1 Å². The third-order valence-corrected chi connectivity index (χ3v) is 4.30. The van der Waals surface area contributed by atoms with Crippen molar-refractivity contribution in [3.05, 3.63) is 59.5 Å². The molecule has 4 rings (SSSR count). The molecule has 4 nitrogen and oxygen atoms in total. The SMILES string of the molecule is COc1ccc(F)cc1C1CC(=O)Nc2c1[nH]c1ccccc21. The summed E-state index contributed by atoms with van der Waals surface area (Å²) in [5.74, 6) is -0.115. The Hall–Kier alpha value is -2.82. The molecule has 116 valence electrons. The molecule has 2 N–H and O–H groups in total. The van der Waals surface area contributed by atoms with Gasteiger partial charge in [0.1, 0.15) is 11.6 Å². The van der Waals surface area contributed by atoms with Crippen molar-refractivity contribution in [2.75, 3.05) is 12.4 Å². The molecule has 0 aliphatic carbocycles. The van der Waals surface area contributed by atoms with Gasteiger partial charge in [0.25, 0.3) is 0 Å². The molecule has 0 spiro atoms. The first kappa shape index (κ1) is 13.8. The molecule has 1 unspecified atom stereocenters. The summed E-state index contributed by atoms with van der Waals surface area (Å²) in [5.41, 5.74) is 3.28. The number of aromatic amines is 1.